The molecule has 3 N–H and O–H groups in total. The number of fused-ring (bicyclic) bond motifs is 1. The van der Waals surface area contributed by atoms with E-state index >= 15 is 0 Å². The van der Waals surface area contributed by atoms with Crippen LogP contribution in [-0.4, -0.2) is 40.9 Å². The predicted octanol–water partition coefficient (Wildman–Crippen LogP) is 3.96. The number of aryl methyl sites for hydroxylation is 1. The molecule has 2 aromatic carbocycles. The first kappa shape index (κ1) is 24.6. The SMILES string of the molecule is COc1ccc(C[C@H](Nc2nc3ccc(NC(=O)OC(C)(C)C)c(C)c3c(=O)o2)C(=O)O)cc1. The molecule has 10 heteroatoms. The van der Waals surface area contributed by atoms with Gasteiger partial charge < -0.3 is 24.3 Å². The summed E-state index contributed by atoms with van der Waals surface area (Å²) < 4.78 is 15.6. The summed E-state index contributed by atoms with van der Waals surface area (Å²) in [7, 11) is 1.54. The van der Waals surface area contributed by atoms with Gasteiger partial charge in [0.05, 0.1) is 18.0 Å². The maximum absolute atomic E-state index is 12.7. The minimum atomic E-state index is -1.13. The number of benzene rings is 2. The summed E-state index contributed by atoms with van der Waals surface area (Å²) in [4.78, 5) is 40.9. The van der Waals surface area contributed by atoms with Gasteiger partial charge in [-0.25, -0.2) is 14.4 Å². The van der Waals surface area contributed by atoms with Crippen LogP contribution < -0.4 is 21.0 Å². The Kier molecular flexibility index (Phi) is 7.09. The first-order valence-electron chi connectivity index (χ1n) is 10.5. The number of aliphatic carboxylic acids is 1. The largest absolute Gasteiger partial charge is 0.497 e. The second-order valence-corrected chi connectivity index (χ2v) is 8.65. The van der Waals surface area contributed by atoms with Crippen LogP contribution in [-0.2, 0) is 16.0 Å². The summed E-state index contributed by atoms with van der Waals surface area (Å²) >= 11 is 0. The van der Waals surface area contributed by atoms with E-state index in [1.807, 2.05) is 0 Å². The van der Waals surface area contributed by atoms with Crippen LogP contribution in [0, 0.1) is 6.92 Å². The number of amides is 1. The Morgan fingerprint density at radius 3 is 2.41 bits per heavy atom. The Hall–Kier alpha value is -4.08. The number of hydrogen-bond acceptors (Lipinski definition) is 8. The Labute approximate surface area is 195 Å². The number of nitrogens with zero attached hydrogens (tertiary/aromatic N) is 1. The molecule has 0 aliphatic heterocycles. The molecule has 1 aromatic heterocycles. The third-order valence-corrected chi connectivity index (χ3v) is 4.89. The number of aromatic nitrogens is 1. The zero-order valence-corrected chi connectivity index (χ0v) is 19.6. The van der Waals surface area contributed by atoms with Crippen LogP contribution in [0.2, 0.25) is 0 Å². The van der Waals surface area contributed by atoms with Crippen LogP contribution >= 0.6 is 0 Å². The molecule has 3 rings (SSSR count). The normalized spacial score (nSPS) is 12.1. The Bertz CT molecular complexity index is 1260. The summed E-state index contributed by atoms with van der Waals surface area (Å²) in [5, 5.41) is 15.1. The maximum Gasteiger partial charge on any atom is 0.412 e. The number of carboxylic acid groups (broad SMARTS) is 1. The molecule has 0 aliphatic carbocycles. The summed E-state index contributed by atoms with van der Waals surface area (Å²) in [5.74, 6) is -0.477. The molecule has 1 atom stereocenters. The van der Waals surface area contributed by atoms with Crippen LogP contribution in [0.15, 0.2) is 45.6 Å². The summed E-state index contributed by atoms with van der Waals surface area (Å²) in [6.07, 6.45) is -0.533. The fraction of sp³-hybridized carbons (Fsp3) is 0.333. The van der Waals surface area contributed by atoms with Crippen molar-refractivity contribution in [3.63, 3.8) is 0 Å². The highest BCUT2D eigenvalue weighted by Gasteiger charge is 2.22. The highest BCUT2D eigenvalue weighted by molar-refractivity contribution is 5.93. The molecular weight excluding hydrogens is 442 g/mol. The molecule has 0 aliphatic rings. The fourth-order valence-electron chi connectivity index (χ4n) is 3.28. The number of carboxylic acids is 1. The van der Waals surface area contributed by atoms with Crippen molar-refractivity contribution in [1.29, 1.82) is 0 Å². The number of rotatable bonds is 7. The molecule has 0 fully saturated rings. The minimum Gasteiger partial charge on any atom is -0.497 e. The predicted molar refractivity (Wildman–Crippen MR) is 127 cm³/mol. The van der Waals surface area contributed by atoms with Crippen LogP contribution in [0.3, 0.4) is 0 Å². The lowest BCUT2D eigenvalue weighted by Gasteiger charge is -2.20. The molecule has 34 heavy (non-hydrogen) atoms. The van der Waals surface area contributed by atoms with Crippen molar-refractivity contribution >= 4 is 34.7 Å². The van der Waals surface area contributed by atoms with Crippen molar-refractivity contribution in [3.05, 3.63) is 57.9 Å². The average molecular weight is 469 g/mol. The molecular formula is C24H27N3O7. The van der Waals surface area contributed by atoms with Crippen molar-refractivity contribution in [2.45, 2.75) is 45.8 Å². The van der Waals surface area contributed by atoms with Gasteiger partial charge in [0.1, 0.15) is 17.4 Å². The van der Waals surface area contributed by atoms with Gasteiger partial charge in [-0.3, -0.25) is 5.32 Å². The van der Waals surface area contributed by atoms with Gasteiger partial charge in [0.15, 0.2) is 0 Å². The molecule has 10 nitrogen and oxygen atoms in total. The first-order valence-corrected chi connectivity index (χ1v) is 10.5. The summed E-state index contributed by atoms with van der Waals surface area (Å²) in [6, 6.07) is 8.79. The number of hydrogen-bond donors (Lipinski definition) is 3. The van der Waals surface area contributed by atoms with E-state index in [0.717, 1.165) is 5.56 Å². The molecule has 0 unspecified atom stereocenters. The topological polar surface area (TPSA) is 140 Å². The van der Waals surface area contributed by atoms with Crippen LogP contribution in [0.5, 0.6) is 5.75 Å². The molecule has 1 heterocycles. The van der Waals surface area contributed by atoms with Gasteiger partial charge >= 0.3 is 17.7 Å². The van der Waals surface area contributed by atoms with E-state index in [4.69, 9.17) is 13.9 Å². The highest BCUT2D eigenvalue weighted by Crippen LogP contribution is 2.24. The van der Waals surface area contributed by atoms with E-state index in [1.54, 1.807) is 65.1 Å². The third kappa shape index (κ3) is 6.03. The Morgan fingerprint density at radius 2 is 1.82 bits per heavy atom. The van der Waals surface area contributed by atoms with Crippen molar-refractivity contribution in [1.82, 2.24) is 4.98 Å². The maximum atomic E-state index is 12.7. The quantitative estimate of drug-likeness (QED) is 0.469. The van der Waals surface area contributed by atoms with Gasteiger partial charge in [-0.05, 0) is 63.1 Å². The van der Waals surface area contributed by atoms with Crippen molar-refractivity contribution in [2.75, 3.05) is 17.7 Å². The standard InChI is InChI=1S/C24H27N3O7/c1-13-16(27-23(31)34-24(2,3)4)10-11-17-19(13)21(30)33-22(25-17)26-18(20(28)29)12-14-6-8-15(32-5)9-7-14/h6-11,18H,12H2,1-5H3,(H,25,26)(H,27,31)(H,28,29)/t18-/m0/s1. The van der Waals surface area contributed by atoms with Crippen molar-refractivity contribution in [3.8, 4) is 5.75 Å². The summed E-state index contributed by atoms with van der Waals surface area (Å²) in [6.45, 7) is 6.87. The van der Waals surface area contributed by atoms with Crippen molar-refractivity contribution in [2.24, 2.45) is 0 Å². The molecule has 0 radical (unpaired) electrons. The van der Waals surface area contributed by atoms with E-state index in [0.29, 0.717) is 22.5 Å². The van der Waals surface area contributed by atoms with Crippen LogP contribution in [0.1, 0.15) is 31.9 Å². The number of carbonyl (C=O) groups excluding carboxylic acids is 1. The van der Waals surface area contributed by atoms with Gasteiger partial charge in [0.25, 0.3) is 6.01 Å². The highest BCUT2D eigenvalue weighted by atomic mass is 16.6. The second kappa shape index (κ2) is 9.82. The molecule has 0 saturated heterocycles. The van der Waals surface area contributed by atoms with E-state index in [-0.39, 0.29) is 17.8 Å². The van der Waals surface area contributed by atoms with E-state index in [1.165, 1.54) is 6.07 Å². The van der Waals surface area contributed by atoms with E-state index in [2.05, 4.69) is 15.6 Å². The van der Waals surface area contributed by atoms with Crippen LogP contribution in [0.25, 0.3) is 10.9 Å². The Morgan fingerprint density at radius 1 is 1.15 bits per heavy atom. The Balaban J connectivity index is 1.85. The van der Waals surface area contributed by atoms with Crippen molar-refractivity contribution < 1.29 is 28.6 Å². The zero-order chi connectivity index (χ0) is 25.0. The number of anilines is 2. The smallest absolute Gasteiger partial charge is 0.412 e. The van der Waals surface area contributed by atoms with Gasteiger partial charge in [-0.2, -0.15) is 4.98 Å². The van der Waals surface area contributed by atoms with Crippen LogP contribution in [0.4, 0.5) is 16.5 Å². The number of methoxy groups -OCH3 is 1. The number of carbonyl (C=O) groups is 2. The average Bonchev–Trinajstić information content (AvgIpc) is 2.74. The third-order valence-electron chi connectivity index (χ3n) is 4.89. The lowest BCUT2D eigenvalue weighted by molar-refractivity contribution is -0.137. The lowest BCUT2D eigenvalue weighted by atomic mass is 10.1. The van der Waals surface area contributed by atoms with Gasteiger partial charge in [0.2, 0.25) is 0 Å². The molecule has 0 saturated carbocycles. The summed E-state index contributed by atoms with van der Waals surface area (Å²) in [5.41, 5.74) is 0.467. The van der Waals surface area contributed by atoms with E-state index in [9.17, 15) is 19.5 Å². The second-order valence-electron chi connectivity index (χ2n) is 8.65. The number of ether oxygens (including phenoxy) is 2. The number of nitrogens with one attached hydrogen (secondary N) is 2. The van der Waals surface area contributed by atoms with Gasteiger partial charge in [-0.15, -0.1) is 0 Å². The van der Waals surface area contributed by atoms with Gasteiger partial charge in [0, 0.05) is 12.1 Å². The first-order chi connectivity index (χ1) is 16.0. The minimum absolute atomic E-state index is 0.126. The van der Waals surface area contributed by atoms with Gasteiger partial charge in [-0.1, -0.05) is 12.1 Å². The van der Waals surface area contributed by atoms with E-state index < -0.39 is 29.3 Å². The molecule has 1 amide bonds. The molecule has 0 spiro atoms. The monoisotopic (exact) mass is 469 g/mol. The molecule has 3 aromatic rings. The lowest BCUT2D eigenvalue weighted by Crippen LogP contribution is -2.32. The molecule has 0 bridgehead atoms. The fourth-order valence-corrected chi connectivity index (χ4v) is 3.28. The zero-order valence-electron chi connectivity index (χ0n) is 19.6. The molecule has 180 valence electrons.